The summed E-state index contributed by atoms with van der Waals surface area (Å²) in [4.78, 5) is 46.2. The Morgan fingerprint density at radius 2 is 0.647 bits per heavy atom. The van der Waals surface area contributed by atoms with E-state index in [1.54, 1.807) is 0 Å². The van der Waals surface area contributed by atoms with E-state index in [0.29, 0.717) is 6.42 Å². The second kappa shape index (κ2) is 33.6. The Bertz CT molecular complexity index is 511. The predicted molar refractivity (Wildman–Crippen MR) is 123 cm³/mol. The van der Waals surface area contributed by atoms with Crippen LogP contribution in [0, 0.1) is 5.41 Å². The molecule has 13 nitrogen and oxygen atoms in total. The summed E-state index contributed by atoms with van der Waals surface area (Å²) >= 11 is 0. The van der Waals surface area contributed by atoms with Gasteiger partial charge >= 0.3 is 29.8 Å². The van der Waals surface area contributed by atoms with Crippen molar-refractivity contribution in [2.75, 3.05) is 19.8 Å². The topological polar surface area (TPSA) is 247 Å². The third-order valence-electron chi connectivity index (χ3n) is 2.63. The molecule has 0 aromatic carbocycles. The largest absolute Gasteiger partial charge is 0.478 e. The van der Waals surface area contributed by atoms with Crippen molar-refractivity contribution >= 4 is 29.8 Å². The molecule has 8 N–H and O–H groups in total. The Morgan fingerprint density at radius 1 is 0.529 bits per heavy atom. The van der Waals surface area contributed by atoms with E-state index in [1.165, 1.54) is 0 Å². The van der Waals surface area contributed by atoms with Gasteiger partial charge in [0.15, 0.2) is 0 Å². The van der Waals surface area contributed by atoms with Gasteiger partial charge in [0.05, 0.1) is 19.8 Å². The SMILES string of the molecule is C=CC(=O)O.C=CC(=O)O.C=CC(=O)O.C=CC(=O)O.C=CC(=O)O.CCC(CO)(CO)CO. The van der Waals surface area contributed by atoms with Crippen LogP contribution in [0.3, 0.4) is 0 Å². The minimum Gasteiger partial charge on any atom is -0.478 e. The molecule has 0 rings (SSSR count). The van der Waals surface area contributed by atoms with Crippen molar-refractivity contribution in [1.82, 2.24) is 0 Å². The number of hydrogen-bond donors (Lipinski definition) is 8. The van der Waals surface area contributed by atoms with Crippen molar-refractivity contribution < 1.29 is 64.8 Å². The minimum atomic E-state index is -0.981. The molecule has 0 amide bonds. The number of aliphatic hydroxyl groups excluding tert-OH is 3. The van der Waals surface area contributed by atoms with Gasteiger partial charge in [0.1, 0.15) is 0 Å². The van der Waals surface area contributed by atoms with Gasteiger partial charge in [0.25, 0.3) is 0 Å². The van der Waals surface area contributed by atoms with E-state index in [9.17, 15) is 24.0 Å². The second-order valence-corrected chi connectivity index (χ2v) is 5.04. The van der Waals surface area contributed by atoms with E-state index in [4.69, 9.17) is 40.9 Å². The lowest BCUT2D eigenvalue weighted by molar-refractivity contribution is -0.132. The van der Waals surface area contributed by atoms with Crippen molar-refractivity contribution in [2.45, 2.75) is 13.3 Å². The Balaban J connectivity index is -0.0000000707. The molecule has 0 fully saturated rings. The first-order valence-electron chi connectivity index (χ1n) is 8.69. The molecule has 13 heteroatoms. The molecule has 0 aliphatic rings. The fourth-order valence-corrected chi connectivity index (χ4v) is 0.485. The molecule has 196 valence electrons. The van der Waals surface area contributed by atoms with E-state index in [-0.39, 0.29) is 19.8 Å². The molecule has 0 saturated heterocycles. The highest BCUT2D eigenvalue weighted by molar-refractivity contribution is 5.80. The van der Waals surface area contributed by atoms with Crippen LogP contribution in [0.15, 0.2) is 63.3 Å². The normalized spacial score (nSPS) is 7.88. The molecule has 0 bridgehead atoms. The number of rotatable bonds is 9. The van der Waals surface area contributed by atoms with Gasteiger partial charge in [-0.15, -0.1) is 0 Å². The smallest absolute Gasteiger partial charge is 0.327 e. The molecule has 0 spiro atoms. The van der Waals surface area contributed by atoms with E-state index >= 15 is 0 Å². The average molecular weight is 494 g/mol. The highest BCUT2D eigenvalue weighted by atomic mass is 16.4. The van der Waals surface area contributed by atoms with Crippen molar-refractivity contribution in [3.63, 3.8) is 0 Å². The number of carbonyl (C=O) groups is 5. The second-order valence-electron chi connectivity index (χ2n) is 5.04. The molecule has 0 aliphatic carbocycles. The maximum atomic E-state index is 9.25. The number of aliphatic carboxylic acids is 5. The Hall–Kier alpha value is -4.07. The molecular weight excluding hydrogens is 460 g/mol. The van der Waals surface area contributed by atoms with Crippen LogP contribution in [0.4, 0.5) is 0 Å². The van der Waals surface area contributed by atoms with Crippen LogP contribution in [0.2, 0.25) is 0 Å². The van der Waals surface area contributed by atoms with E-state index < -0.39 is 35.3 Å². The maximum absolute atomic E-state index is 9.25. The van der Waals surface area contributed by atoms with E-state index in [2.05, 4.69) is 32.9 Å². The van der Waals surface area contributed by atoms with Crippen molar-refractivity contribution in [1.29, 1.82) is 0 Å². The quantitative estimate of drug-likeness (QED) is 0.205. The predicted octanol–water partition coefficient (Wildman–Crippen LogP) is 0.645. The highest BCUT2D eigenvalue weighted by Gasteiger charge is 2.24. The van der Waals surface area contributed by atoms with Gasteiger partial charge in [-0.3, -0.25) is 0 Å². The van der Waals surface area contributed by atoms with Gasteiger partial charge in [-0.05, 0) is 6.42 Å². The summed E-state index contributed by atoms with van der Waals surface area (Å²) in [6.07, 6.45) is 4.76. The lowest BCUT2D eigenvalue weighted by Gasteiger charge is -2.24. The van der Waals surface area contributed by atoms with Gasteiger partial charge in [0, 0.05) is 35.8 Å². The molecular formula is C21H34O13. The van der Waals surface area contributed by atoms with Crippen LogP contribution in [0.1, 0.15) is 13.3 Å². The Kier molecular flexibility index (Phi) is 43.2. The first-order chi connectivity index (χ1) is 15.6. The van der Waals surface area contributed by atoms with Crippen molar-refractivity contribution in [3.05, 3.63) is 63.3 Å². The summed E-state index contributed by atoms with van der Waals surface area (Å²) in [5, 5.41) is 64.0. The van der Waals surface area contributed by atoms with Gasteiger partial charge in [-0.1, -0.05) is 39.8 Å². The van der Waals surface area contributed by atoms with E-state index in [1.807, 2.05) is 6.92 Å². The van der Waals surface area contributed by atoms with Crippen LogP contribution in [-0.2, 0) is 24.0 Å². The number of hydrogen-bond acceptors (Lipinski definition) is 8. The summed E-state index contributed by atoms with van der Waals surface area (Å²) in [6.45, 7) is 16.2. The zero-order valence-electron chi connectivity index (χ0n) is 18.9. The fourth-order valence-electron chi connectivity index (χ4n) is 0.485. The first-order valence-corrected chi connectivity index (χ1v) is 8.69. The van der Waals surface area contributed by atoms with Crippen LogP contribution in [-0.4, -0.2) is 90.5 Å². The monoisotopic (exact) mass is 494 g/mol. The number of aliphatic hydroxyl groups is 3. The lowest BCUT2D eigenvalue weighted by Crippen LogP contribution is -2.32. The van der Waals surface area contributed by atoms with Gasteiger partial charge < -0.3 is 40.9 Å². The molecule has 0 heterocycles. The summed E-state index contributed by atoms with van der Waals surface area (Å²) < 4.78 is 0. The van der Waals surface area contributed by atoms with Crippen molar-refractivity contribution in [2.24, 2.45) is 5.41 Å². The summed E-state index contributed by atoms with van der Waals surface area (Å²) in [7, 11) is 0. The molecule has 0 atom stereocenters. The Morgan fingerprint density at radius 3 is 0.647 bits per heavy atom. The molecule has 0 aromatic heterocycles. The molecule has 0 aliphatic heterocycles. The van der Waals surface area contributed by atoms with Crippen LogP contribution < -0.4 is 0 Å². The molecule has 34 heavy (non-hydrogen) atoms. The molecule has 0 radical (unpaired) electrons. The van der Waals surface area contributed by atoms with Gasteiger partial charge in [0.2, 0.25) is 0 Å². The Labute approximate surface area is 197 Å². The van der Waals surface area contributed by atoms with Gasteiger partial charge in [-0.25, -0.2) is 24.0 Å². The summed E-state index contributed by atoms with van der Waals surface area (Å²) in [5.41, 5.74) is -0.667. The standard InChI is InChI=1S/C6H14O3.5C3H4O2/c1-2-6(3-7,4-8)5-9;5*1-2-3(4)5/h7-9H,2-5H2,1H3;5*2H,1H2,(H,4,5). The fraction of sp³-hybridized carbons (Fsp3) is 0.286. The third-order valence-corrected chi connectivity index (χ3v) is 2.63. The lowest BCUT2D eigenvalue weighted by atomic mass is 9.88. The molecule has 0 aromatic rings. The first kappa shape index (κ1) is 43.7. The highest BCUT2D eigenvalue weighted by Crippen LogP contribution is 2.18. The molecule has 0 saturated carbocycles. The van der Waals surface area contributed by atoms with Crippen LogP contribution >= 0.6 is 0 Å². The maximum Gasteiger partial charge on any atom is 0.327 e. The van der Waals surface area contributed by atoms with Crippen LogP contribution in [0.25, 0.3) is 0 Å². The summed E-state index contributed by atoms with van der Waals surface area (Å²) in [5.74, 6) is -4.91. The minimum absolute atomic E-state index is 0.156. The number of carboxylic acid groups (broad SMARTS) is 5. The number of carboxylic acids is 5. The van der Waals surface area contributed by atoms with E-state index in [0.717, 1.165) is 30.4 Å². The summed E-state index contributed by atoms with van der Waals surface area (Å²) in [6, 6.07) is 0. The molecule has 0 unspecified atom stereocenters. The average Bonchev–Trinajstić information content (AvgIpc) is 2.82. The van der Waals surface area contributed by atoms with Crippen molar-refractivity contribution in [3.8, 4) is 0 Å². The zero-order chi connectivity index (χ0) is 28.8. The van der Waals surface area contributed by atoms with Crippen LogP contribution in [0.5, 0.6) is 0 Å². The van der Waals surface area contributed by atoms with Gasteiger partial charge in [-0.2, -0.15) is 0 Å². The third kappa shape index (κ3) is 63.0. The zero-order valence-corrected chi connectivity index (χ0v) is 18.9.